The van der Waals surface area contributed by atoms with Crippen LogP contribution in [0, 0.1) is 6.92 Å². The minimum atomic E-state index is 0.901. The second-order valence-electron chi connectivity index (χ2n) is 5.58. The van der Waals surface area contributed by atoms with E-state index in [0.717, 1.165) is 23.2 Å². The number of nitrogens with two attached hydrogens (primary N) is 1. The van der Waals surface area contributed by atoms with Gasteiger partial charge in [0.15, 0.2) is 0 Å². The molecule has 0 amide bonds. The molecule has 2 N–H and O–H groups in total. The van der Waals surface area contributed by atoms with E-state index in [2.05, 4.69) is 48.3 Å². The zero-order valence-electron chi connectivity index (χ0n) is 11.9. The van der Waals surface area contributed by atoms with E-state index in [-0.39, 0.29) is 0 Å². The van der Waals surface area contributed by atoms with E-state index in [1.807, 2.05) is 18.5 Å². The van der Waals surface area contributed by atoms with Crippen molar-refractivity contribution in [2.24, 2.45) is 0 Å². The maximum absolute atomic E-state index is 6.49. The highest BCUT2D eigenvalue weighted by Crippen LogP contribution is 2.43. The highest BCUT2D eigenvalue weighted by molar-refractivity contribution is 5.89. The summed E-state index contributed by atoms with van der Waals surface area (Å²) in [6.07, 6.45) is 4.63. The first kappa shape index (κ1) is 12.2. The fourth-order valence-corrected chi connectivity index (χ4v) is 3.25. The number of hydrogen-bond donors (Lipinski definition) is 1. The van der Waals surface area contributed by atoms with Crippen LogP contribution in [-0.4, -0.2) is 4.98 Å². The molecule has 102 valence electrons. The lowest BCUT2D eigenvalue weighted by atomic mass is 9.95. The number of nitrogens with zero attached hydrogens (tertiary/aromatic N) is 1. The molecule has 4 rings (SSSR count). The number of anilines is 1. The molecule has 0 unspecified atom stereocenters. The number of nitrogen functional groups attached to an aromatic ring is 1. The van der Waals surface area contributed by atoms with Crippen LogP contribution >= 0.6 is 0 Å². The molecule has 0 atom stereocenters. The standard InChI is InChI=1S/C19H16N2/c1-12-11-21-9-8-14(12)17-7-6-16-15-5-3-2-4-13(15)10-18(16)19(17)20/h2-9,11H,10,20H2,1H3. The Labute approximate surface area is 124 Å². The van der Waals surface area contributed by atoms with Crippen molar-refractivity contribution >= 4 is 5.69 Å². The topological polar surface area (TPSA) is 38.9 Å². The van der Waals surface area contributed by atoms with Crippen molar-refractivity contribution in [1.29, 1.82) is 0 Å². The molecule has 1 heterocycles. The Balaban J connectivity index is 1.93. The van der Waals surface area contributed by atoms with Gasteiger partial charge in [0.25, 0.3) is 0 Å². The minimum absolute atomic E-state index is 0.901. The van der Waals surface area contributed by atoms with Crippen molar-refractivity contribution in [2.75, 3.05) is 5.73 Å². The van der Waals surface area contributed by atoms with Gasteiger partial charge in [-0.2, -0.15) is 0 Å². The predicted molar refractivity (Wildman–Crippen MR) is 87.1 cm³/mol. The fraction of sp³-hybridized carbons (Fsp3) is 0.105. The molecule has 2 heteroatoms. The highest BCUT2D eigenvalue weighted by atomic mass is 14.6. The van der Waals surface area contributed by atoms with Crippen LogP contribution in [0.2, 0.25) is 0 Å². The van der Waals surface area contributed by atoms with Crippen LogP contribution in [0.1, 0.15) is 16.7 Å². The number of rotatable bonds is 1. The molecule has 3 aromatic rings. The molecule has 0 bridgehead atoms. The Hall–Kier alpha value is -2.61. The van der Waals surface area contributed by atoms with Crippen LogP contribution in [0.4, 0.5) is 5.69 Å². The van der Waals surface area contributed by atoms with Gasteiger partial charge in [-0.15, -0.1) is 0 Å². The lowest BCUT2D eigenvalue weighted by Crippen LogP contribution is -1.97. The number of pyridine rings is 1. The zero-order chi connectivity index (χ0) is 14.4. The molecule has 2 aromatic carbocycles. The summed E-state index contributed by atoms with van der Waals surface area (Å²) in [5, 5.41) is 0. The van der Waals surface area contributed by atoms with Crippen LogP contribution in [0.3, 0.4) is 0 Å². The summed E-state index contributed by atoms with van der Waals surface area (Å²) < 4.78 is 0. The van der Waals surface area contributed by atoms with Gasteiger partial charge in [0.1, 0.15) is 0 Å². The largest absolute Gasteiger partial charge is 0.398 e. The maximum Gasteiger partial charge on any atom is 0.0436 e. The molecule has 1 aliphatic rings. The van der Waals surface area contributed by atoms with Crippen LogP contribution in [0.25, 0.3) is 22.3 Å². The van der Waals surface area contributed by atoms with Crippen LogP contribution in [0.15, 0.2) is 54.9 Å². The first-order chi connectivity index (χ1) is 10.3. The van der Waals surface area contributed by atoms with Crippen molar-refractivity contribution in [1.82, 2.24) is 4.98 Å². The molecule has 0 aliphatic heterocycles. The second kappa shape index (κ2) is 4.45. The summed E-state index contributed by atoms with van der Waals surface area (Å²) >= 11 is 0. The summed E-state index contributed by atoms with van der Waals surface area (Å²) in [5.41, 5.74) is 16.0. The number of aryl methyl sites for hydroxylation is 1. The average molecular weight is 272 g/mol. The third-order valence-electron chi connectivity index (χ3n) is 4.34. The van der Waals surface area contributed by atoms with E-state index in [4.69, 9.17) is 5.73 Å². The quantitative estimate of drug-likeness (QED) is 0.527. The van der Waals surface area contributed by atoms with Gasteiger partial charge in [0, 0.05) is 30.1 Å². The zero-order valence-corrected chi connectivity index (χ0v) is 11.9. The predicted octanol–water partition coefficient (Wildman–Crippen LogP) is 4.21. The molecular weight excluding hydrogens is 256 g/mol. The van der Waals surface area contributed by atoms with Crippen molar-refractivity contribution in [3.8, 4) is 22.3 Å². The van der Waals surface area contributed by atoms with Gasteiger partial charge >= 0.3 is 0 Å². The van der Waals surface area contributed by atoms with E-state index in [1.165, 1.54) is 27.8 Å². The van der Waals surface area contributed by atoms with Gasteiger partial charge in [-0.05, 0) is 46.4 Å². The molecule has 1 aromatic heterocycles. The molecule has 0 spiro atoms. The summed E-state index contributed by atoms with van der Waals surface area (Å²) in [6, 6.07) is 14.9. The van der Waals surface area contributed by atoms with Gasteiger partial charge in [0.2, 0.25) is 0 Å². The smallest absolute Gasteiger partial charge is 0.0436 e. The molecule has 2 nitrogen and oxygen atoms in total. The minimum Gasteiger partial charge on any atom is -0.398 e. The molecule has 0 fully saturated rings. The Kier molecular flexibility index (Phi) is 2.58. The summed E-state index contributed by atoms with van der Waals surface area (Å²) in [7, 11) is 0. The molecular formula is C19H16N2. The van der Waals surface area contributed by atoms with Crippen molar-refractivity contribution in [2.45, 2.75) is 13.3 Å². The Morgan fingerprint density at radius 2 is 1.71 bits per heavy atom. The Bertz CT molecular complexity index is 850. The molecule has 0 radical (unpaired) electrons. The van der Waals surface area contributed by atoms with E-state index in [0.29, 0.717) is 0 Å². The van der Waals surface area contributed by atoms with Gasteiger partial charge in [-0.25, -0.2) is 0 Å². The third kappa shape index (κ3) is 1.76. The van der Waals surface area contributed by atoms with Crippen molar-refractivity contribution in [3.63, 3.8) is 0 Å². The third-order valence-corrected chi connectivity index (χ3v) is 4.34. The first-order valence-electron chi connectivity index (χ1n) is 7.16. The van der Waals surface area contributed by atoms with Gasteiger partial charge in [-0.3, -0.25) is 4.98 Å². The van der Waals surface area contributed by atoms with Gasteiger partial charge in [-0.1, -0.05) is 36.4 Å². The van der Waals surface area contributed by atoms with Crippen LogP contribution in [-0.2, 0) is 6.42 Å². The summed E-state index contributed by atoms with van der Waals surface area (Å²) in [6.45, 7) is 2.07. The lowest BCUT2D eigenvalue weighted by Gasteiger charge is -2.12. The summed E-state index contributed by atoms with van der Waals surface area (Å²) in [5.74, 6) is 0. The fourth-order valence-electron chi connectivity index (χ4n) is 3.25. The van der Waals surface area contributed by atoms with Crippen LogP contribution < -0.4 is 5.73 Å². The van der Waals surface area contributed by atoms with Gasteiger partial charge in [0.05, 0.1) is 0 Å². The molecule has 1 aliphatic carbocycles. The van der Waals surface area contributed by atoms with Gasteiger partial charge < -0.3 is 5.73 Å². The molecule has 21 heavy (non-hydrogen) atoms. The van der Waals surface area contributed by atoms with Crippen LogP contribution in [0.5, 0.6) is 0 Å². The van der Waals surface area contributed by atoms with E-state index < -0.39 is 0 Å². The Morgan fingerprint density at radius 3 is 2.57 bits per heavy atom. The number of hydrogen-bond acceptors (Lipinski definition) is 2. The number of aromatic nitrogens is 1. The SMILES string of the molecule is Cc1cnccc1-c1ccc2c(c1N)Cc1ccccc1-2. The number of benzene rings is 2. The highest BCUT2D eigenvalue weighted by Gasteiger charge is 2.22. The molecule has 0 saturated heterocycles. The van der Waals surface area contributed by atoms with E-state index in [1.54, 1.807) is 0 Å². The van der Waals surface area contributed by atoms with Crippen molar-refractivity contribution < 1.29 is 0 Å². The first-order valence-corrected chi connectivity index (χ1v) is 7.16. The normalized spacial score (nSPS) is 12.0. The lowest BCUT2D eigenvalue weighted by molar-refractivity contribution is 1.25. The second-order valence-corrected chi connectivity index (χ2v) is 5.58. The summed E-state index contributed by atoms with van der Waals surface area (Å²) in [4.78, 5) is 4.16. The number of fused-ring (bicyclic) bond motifs is 3. The van der Waals surface area contributed by atoms with Crippen molar-refractivity contribution in [3.05, 3.63) is 71.5 Å². The van der Waals surface area contributed by atoms with E-state index in [9.17, 15) is 0 Å². The maximum atomic E-state index is 6.49. The monoisotopic (exact) mass is 272 g/mol. The average Bonchev–Trinajstić information content (AvgIpc) is 2.89. The molecule has 0 saturated carbocycles. The van der Waals surface area contributed by atoms with E-state index >= 15 is 0 Å². The Morgan fingerprint density at radius 1 is 0.905 bits per heavy atom.